The summed E-state index contributed by atoms with van der Waals surface area (Å²) in [5.41, 5.74) is 0.656. The molecule has 0 aliphatic carbocycles. The van der Waals surface area contributed by atoms with Crippen LogP contribution in [0.2, 0.25) is 0 Å². The molecule has 1 amide bonds. The largest absolute Gasteiger partial charge is 0.352 e. The summed E-state index contributed by atoms with van der Waals surface area (Å²) < 4.78 is 8.52. The lowest BCUT2D eigenvalue weighted by Crippen LogP contribution is -2.54. The van der Waals surface area contributed by atoms with Crippen molar-refractivity contribution in [2.45, 2.75) is 64.4 Å². The number of fused-ring (bicyclic) bond motifs is 2. The number of imidazole rings is 1. The molecule has 8 heteroatoms. The maximum absolute atomic E-state index is 12.6. The normalized spacial score (nSPS) is 22.1. The molecule has 146 valence electrons. The van der Waals surface area contributed by atoms with Crippen LogP contribution in [-0.2, 0) is 28.2 Å². The summed E-state index contributed by atoms with van der Waals surface area (Å²) >= 11 is 1.69. The van der Waals surface area contributed by atoms with Crippen molar-refractivity contribution in [2.24, 2.45) is 0 Å². The molecule has 0 saturated carbocycles. The summed E-state index contributed by atoms with van der Waals surface area (Å²) in [7, 11) is 0. The summed E-state index contributed by atoms with van der Waals surface area (Å²) in [5.74, 6) is 0.921. The molecule has 2 aromatic rings. The number of hydrogen-bond donors (Lipinski definition) is 1. The van der Waals surface area contributed by atoms with Crippen molar-refractivity contribution < 1.29 is 9.53 Å². The van der Waals surface area contributed by atoms with E-state index in [0.29, 0.717) is 6.54 Å². The summed E-state index contributed by atoms with van der Waals surface area (Å²) in [6.07, 6.45) is 4.96. The lowest BCUT2D eigenvalue weighted by molar-refractivity contribution is -0.174. The van der Waals surface area contributed by atoms with Crippen LogP contribution in [-0.4, -0.2) is 50.6 Å². The Bertz CT molecular complexity index is 807. The van der Waals surface area contributed by atoms with Crippen molar-refractivity contribution in [1.82, 2.24) is 24.8 Å². The number of ether oxygens (including phenoxy) is 1. The predicted octanol–water partition coefficient (Wildman–Crippen LogP) is 2.06. The Balaban J connectivity index is 1.48. The quantitative estimate of drug-likeness (QED) is 0.867. The van der Waals surface area contributed by atoms with Crippen LogP contribution in [0.5, 0.6) is 0 Å². The highest BCUT2D eigenvalue weighted by atomic mass is 32.1. The van der Waals surface area contributed by atoms with E-state index in [2.05, 4.69) is 30.1 Å². The first kappa shape index (κ1) is 18.6. The van der Waals surface area contributed by atoms with Crippen LogP contribution in [0.25, 0.3) is 0 Å². The van der Waals surface area contributed by atoms with E-state index in [1.165, 1.54) is 0 Å². The highest BCUT2D eigenvalue weighted by Crippen LogP contribution is 2.40. The standard InChI is InChI=1S/C19H27N5O2S/c1-13(2)21-17(25)16-11-24-9-6-20-18(24)19(26-16)4-7-23(8-5-19)10-15-12-27-14(3)22-15/h6,9,12-13,16H,4-5,7-8,10-11H2,1-3H3,(H,21,25). The highest BCUT2D eigenvalue weighted by molar-refractivity contribution is 7.09. The molecule has 1 fully saturated rings. The first-order valence-corrected chi connectivity index (χ1v) is 10.5. The number of nitrogens with zero attached hydrogens (tertiary/aromatic N) is 4. The maximum Gasteiger partial charge on any atom is 0.251 e. The maximum atomic E-state index is 12.6. The molecule has 2 aliphatic heterocycles. The van der Waals surface area contributed by atoms with Gasteiger partial charge in [-0.1, -0.05) is 0 Å². The molecule has 4 rings (SSSR count). The summed E-state index contributed by atoms with van der Waals surface area (Å²) in [5, 5.41) is 6.23. The minimum absolute atomic E-state index is 0.0379. The van der Waals surface area contributed by atoms with Crippen LogP contribution >= 0.6 is 11.3 Å². The Morgan fingerprint density at radius 2 is 2.22 bits per heavy atom. The van der Waals surface area contributed by atoms with Crippen LogP contribution in [0.1, 0.15) is 43.2 Å². The van der Waals surface area contributed by atoms with Crippen LogP contribution in [0.4, 0.5) is 0 Å². The smallest absolute Gasteiger partial charge is 0.251 e. The fraction of sp³-hybridized carbons (Fsp3) is 0.632. The van der Waals surface area contributed by atoms with Gasteiger partial charge < -0.3 is 14.6 Å². The van der Waals surface area contributed by atoms with E-state index in [1.807, 2.05) is 33.2 Å². The van der Waals surface area contributed by atoms with Gasteiger partial charge in [0.2, 0.25) is 0 Å². The van der Waals surface area contributed by atoms with E-state index >= 15 is 0 Å². The van der Waals surface area contributed by atoms with Gasteiger partial charge in [0.1, 0.15) is 11.4 Å². The monoisotopic (exact) mass is 389 g/mol. The van der Waals surface area contributed by atoms with Gasteiger partial charge in [-0.05, 0) is 33.6 Å². The summed E-state index contributed by atoms with van der Waals surface area (Å²) in [6, 6.07) is 0.102. The third kappa shape index (κ3) is 3.79. The molecule has 1 saturated heterocycles. The van der Waals surface area contributed by atoms with Gasteiger partial charge in [-0.3, -0.25) is 9.69 Å². The molecule has 1 N–H and O–H groups in total. The van der Waals surface area contributed by atoms with Gasteiger partial charge in [0.15, 0.2) is 6.10 Å². The molecule has 1 spiro atoms. The molecule has 4 heterocycles. The molecule has 7 nitrogen and oxygen atoms in total. The molecule has 2 aromatic heterocycles. The zero-order valence-electron chi connectivity index (χ0n) is 16.1. The van der Waals surface area contributed by atoms with E-state index in [0.717, 1.165) is 49.0 Å². The molecule has 1 atom stereocenters. The number of nitrogens with one attached hydrogen (secondary N) is 1. The number of hydrogen-bond acceptors (Lipinski definition) is 6. The molecule has 2 aliphatic rings. The average Bonchev–Trinajstić information content (AvgIpc) is 3.26. The van der Waals surface area contributed by atoms with Gasteiger partial charge in [-0.2, -0.15) is 0 Å². The number of aromatic nitrogens is 3. The summed E-state index contributed by atoms with van der Waals surface area (Å²) in [4.78, 5) is 24.2. The van der Waals surface area contributed by atoms with E-state index in [1.54, 1.807) is 11.3 Å². The van der Waals surface area contributed by atoms with Gasteiger partial charge in [0.25, 0.3) is 5.91 Å². The molecule has 1 unspecified atom stereocenters. The number of rotatable bonds is 4. The molecule has 0 aromatic carbocycles. The molecule has 27 heavy (non-hydrogen) atoms. The molecule has 0 radical (unpaired) electrons. The fourth-order valence-corrected chi connectivity index (χ4v) is 4.64. The Kier molecular flexibility index (Phi) is 5.05. The predicted molar refractivity (Wildman–Crippen MR) is 103 cm³/mol. The molecule has 0 bridgehead atoms. The molecular formula is C19H27N5O2S. The van der Waals surface area contributed by atoms with Gasteiger partial charge in [0, 0.05) is 43.4 Å². The third-order valence-electron chi connectivity index (χ3n) is 5.29. The Labute approximate surface area is 163 Å². The van der Waals surface area contributed by atoms with Crippen LogP contribution in [0.3, 0.4) is 0 Å². The van der Waals surface area contributed by atoms with Crippen molar-refractivity contribution in [1.29, 1.82) is 0 Å². The zero-order valence-corrected chi connectivity index (χ0v) is 17.0. The lowest BCUT2D eigenvalue weighted by atomic mass is 9.88. The van der Waals surface area contributed by atoms with Crippen molar-refractivity contribution >= 4 is 17.2 Å². The third-order valence-corrected chi connectivity index (χ3v) is 6.11. The minimum atomic E-state index is -0.477. The number of amides is 1. The van der Waals surface area contributed by atoms with Crippen molar-refractivity contribution in [3.63, 3.8) is 0 Å². The minimum Gasteiger partial charge on any atom is -0.352 e. The molecular weight excluding hydrogens is 362 g/mol. The van der Waals surface area contributed by atoms with Crippen molar-refractivity contribution in [3.05, 3.63) is 34.3 Å². The average molecular weight is 390 g/mol. The van der Waals surface area contributed by atoms with Gasteiger partial charge in [-0.25, -0.2) is 9.97 Å². The first-order chi connectivity index (χ1) is 12.9. The SMILES string of the molecule is Cc1nc(CN2CCC3(CC2)OC(C(=O)NC(C)C)Cn2ccnc23)cs1. The Morgan fingerprint density at radius 3 is 2.89 bits per heavy atom. The Morgan fingerprint density at radius 1 is 1.44 bits per heavy atom. The Hall–Kier alpha value is -1.77. The number of aryl methyl sites for hydroxylation is 1. The van der Waals surface area contributed by atoms with Gasteiger partial charge in [0.05, 0.1) is 17.2 Å². The number of piperidine rings is 1. The van der Waals surface area contributed by atoms with E-state index in [9.17, 15) is 4.79 Å². The van der Waals surface area contributed by atoms with Crippen LogP contribution < -0.4 is 5.32 Å². The van der Waals surface area contributed by atoms with E-state index in [-0.39, 0.29) is 11.9 Å². The lowest BCUT2D eigenvalue weighted by Gasteiger charge is -2.45. The van der Waals surface area contributed by atoms with E-state index < -0.39 is 11.7 Å². The van der Waals surface area contributed by atoms with Crippen LogP contribution in [0.15, 0.2) is 17.8 Å². The summed E-state index contributed by atoms with van der Waals surface area (Å²) in [6.45, 7) is 9.18. The van der Waals surface area contributed by atoms with Crippen LogP contribution in [0, 0.1) is 6.92 Å². The number of carbonyl (C=O) groups excluding carboxylic acids is 1. The second kappa shape index (κ2) is 7.33. The van der Waals surface area contributed by atoms with Gasteiger partial charge in [-0.15, -0.1) is 11.3 Å². The second-order valence-corrected chi connectivity index (χ2v) is 8.86. The number of carbonyl (C=O) groups is 1. The highest BCUT2D eigenvalue weighted by Gasteiger charge is 2.47. The first-order valence-electron chi connectivity index (χ1n) is 9.58. The second-order valence-electron chi connectivity index (χ2n) is 7.80. The number of likely N-dealkylation sites (tertiary alicyclic amines) is 1. The topological polar surface area (TPSA) is 72.3 Å². The zero-order chi connectivity index (χ0) is 19.0. The van der Waals surface area contributed by atoms with E-state index in [4.69, 9.17) is 4.74 Å². The fourth-order valence-electron chi connectivity index (χ4n) is 4.03. The van der Waals surface area contributed by atoms with Crippen molar-refractivity contribution in [3.8, 4) is 0 Å². The number of thiazole rings is 1. The van der Waals surface area contributed by atoms with Gasteiger partial charge >= 0.3 is 0 Å². The van der Waals surface area contributed by atoms with Crippen molar-refractivity contribution in [2.75, 3.05) is 13.1 Å².